The highest BCUT2D eigenvalue weighted by atomic mass is 16.5. The van der Waals surface area contributed by atoms with Gasteiger partial charge in [-0.25, -0.2) is 5.06 Å². The maximum atomic E-state index is 12.7. The van der Waals surface area contributed by atoms with Gasteiger partial charge in [0, 0.05) is 75.5 Å². The molecule has 2 N–H and O–H groups in total. The fourth-order valence-corrected chi connectivity index (χ4v) is 5.93. The summed E-state index contributed by atoms with van der Waals surface area (Å²) in [5.74, 6) is -0.237. The van der Waals surface area contributed by atoms with E-state index in [1.54, 1.807) is 0 Å². The Hall–Kier alpha value is -2.65. The lowest BCUT2D eigenvalue weighted by molar-refractivity contribution is -0.169. The Morgan fingerprint density at radius 1 is 0.842 bits per heavy atom. The van der Waals surface area contributed by atoms with Gasteiger partial charge in [0.05, 0.1) is 13.1 Å². The van der Waals surface area contributed by atoms with Gasteiger partial charge < -0.3 is 15.1 Å². The monoisotopic (exact) mass is 520 g/mol. The van der Waals surface area contributed by atoms with Gasteiger partial charge in [0.2, 0.25) is 0 Å². The molecular formula is C30H44N6O2. The second-order valence-electron chi connectivity index (χ2n) is 11.2. The number of piperazine rings is 1. The number of hydroxylamine groups is 2. The van der Waals surface area contributed by atoms with Gasteiger partial charge in [-0.15, -0.1) is 0 Å². The number of nitrogens with zero attached hydrogens (tertiary/aromatic N) is 5. The van der Waals surface area contributed by atoms with Gasteiger partial charge in [-0.05, 0) is 81.1 Å². The number of piperidine rings is 2. The van der Waals surface area contributed by atoms with Crippen molar-refractivity contribution in [1.29, 1.82) is 0 Å². The van der Waals surface area contributed by atoms with Crippen molar-refractivity contribution >= 4 is 23.0 Å². The molecule has 0 aliphatic carbocycles. The van der Waals surface area contributed by atoms with Gasteiger partial charge in [0.25, 0.3) is 5.91 Å². The molecule has 3 fully saturated rings. The van der Waals surface area contributed by atoms with Gasteiger partial charge in [-0.2, -0.15) is 0 Å². The lowest BCUT2D eigenvalue weighted by atomic mass is 10.0. The van der Waals surface area contributed by atoms with Crippen LogP contribution in [0.4, 0.5) is 17.1 Å². The van der Waals surface area contributed by atoms with Gasteiger partial charge in [0.1, 0.15) is 0 Å². The van der Waals surface area contributed by atoms with E-state index in [4.69, 9.17) is 0 Å². The van der Waals surface area contributed by atoms with E-state index in [0.29, 0.717) is 6.04 Å². The van der Waals surface area contributed by atoms with Crippen molar-refractivity contribution in [3.05, 3.63) is 54.1 Å². The molecule has 2 aromatic carbocycles. The number of anilines is 3. The molecule has 3 aliphatic rings. The van der Waals surface area contributed by atoms with Crippen LogP contribution in [0.25, 0.3) is 0 Å². The Balaban J connectivity index is 1.04. The summed E-state index contributed by atoms with van der Waals surface area (Å²) in [7, 11) is 2.19. The molecule has 5 rings (SSSR count). The molecule has 0 spiro atoms. The SMILES string of the molecule is CN1CCN(C2CCN(CC(=O)N(O)Cc3ccc(Nc4ccc(N5CCCCC5)cc4)cc3)CC2)CC1. The van der Waals surface area contributed by atoms with Crippen LogP contribution in [0.15, 0.2) is 48.5 Å². The number of amides is 1. The molecule has 3 aliphatic heterocycles. The van der Waals surface area contributed by atoms with E-state index in [1.165, 1.54) is 24.9 Å². The predicted molar refractivity (Wildman–Crippen MR) is 153 cm³/mol. The summed E-state index contributed by atoms with van der Waals surface area (Å²) in [5.41, 5.74) is 4.23. The highest BCUT2D eigenvalue weighted by Gasteiger charge is 2.28. The molecule has 0 radical (unpaired) electrons. The van der Waals surface area contributed by atoms with E-state index >= 15 is 0 Å². The molecule has 3 saturated heterocycles. The largest absolute Gasteiger partial charge is 0.372 e. The van der Waals surface area contributed by atoms with Gasteiger partial charge >= 0.3 is 0 Å². The maximum Gasteiger partial charge on any atom is 0.260 e. The Morgan fingerprint density at radius 3 is 2.08 bits per heavy atom. The number of hydrogen-bond acceptors (Lipinski definition) is 7. The molecule has 206 valence electrons. The number of nitrogens with one attached hydrogen (secondary N) is 1. The zero-order valence-corrected chi connectivity index (χ0v) is 22.9. The summed E-state index contributed by atoms with van der Waals surface area (Å²) in [6.45, 7) is 9.16. The zero-order valence-electron chi connectivity index (χ0n) is 22.9. The summed E-state index contributed by atoms with van der Waals surface area (Å²) in [6, 6.07) is 17.2. The number of carbonyl (C=O) groups is 1. The molecule has 38 heavy (non-hydrogen) atoms. The van der Waals surface area contributed by atoms with Crippen molar-refractivity contribution in [1.82, 2.24) is 19.8 Å². The first-order chi connectivity index (χ1) is 18.5. The highest BCUT2D eigenvalue weighted by molar-refractivity contribution is 5.77. The van der Waals surface area contributed by atoms with Crippen LogP contribution in [0.5, 0.6) is 0 Å². The minimum absolute atomic E-state index is 0.196. The summed E-state index contributed by atoms with van der Waals surface area (Å²) >= 11 is 0. The third-order valence-electron chi connectivity index (χ3n) is 8.42. The van der Waals surface area contributed by atoms with E-state index in [2.05, 4.69) is 56.2 Å². The predicted octanol–water partition coefficient (Wildman–Crippen LogP) is 3.85. The molecular weight excluding hydrogens is 476 g/mol. The van der Waals surface area contributed by atoms with Crippen LogP contribution in [-0.4, -0.2) is 103 Å². The summed E-state index contributed by atoms with van der Waals surface area (Å²) in [6.07, 6.45) is 6.08. The van der Waals surface area contributed by atoms with Crippen LogP contribution in [-0.2, 0) is 11.3 Å². The standard InChI is InChI=1S/C30H44N6O2/c1-32-19-21-35(22-20-32)29-13-17-33(18-14-29)24-30(37)36(38)23-25-5-7-26(8-6-25)31-27-9-11-28(12-10-27)34-15-3-2-4-16-34/h5-12,29,31,38H,2-4,13-24H2,1H3. The summed E-state index contributed by atoms with van der Waals surface area (Å²) in [4.78, 5) is 22.3. The van der Waals surface area contributed by atoms with E-state index < -0.39 is 0 Å². The van der Waals surface area contributed by atoms with E-state index in [9.17, 15) is 10.0 Å². The quantitative estimate of drug-likeness (QED) is 0.405. The second kappa shape index (κ2) is 12.9. The number of likely N-dealkylation sites (N-methyl/N-ethyl adjacent to an activating group) is 1. The summed E-state index contributed by atoms with van der Waals surface area (Å²) < 4.78 is 0. The van der Waals surface area contributed by atoms with Crippen LogP contribution < -0.4 is 10.2 Å². The minimum Gasteiger partial charge on any atom is -0.372 e. The van der Waals surface area contributed by atoms with Crippen molar-refractivity contribution in [3.8, 4) is 0 Å². The van der Waals surface area contributed by atoms with Crippen molar-refractivity contribution < 1.29 is 10.0 Å². The maximum absolute atomic E-state index is 12.7. The average Bonchev–Trinajstić information content (AvgIpc) is 2.96. The second-order valence-corrected chi connectivity index (χ2v) is 11.2. The fraction of sp³-hybridized carbons (Fsp3) is 0.567. The summed E-state index contributed by atoms with van der Waals surface area (Å²) in [5, 5.41) is 14.8. The van der Waals surface area contributed by atoms with Crippen LogP contribution >= 0.6 is 0 Å². The van der Waals surface area contributed by atoms with Gasteiger partial charge in [-0.3, -0.25) is 19.8 Å². The number of carbonyl (C=O) groups excluding carboxylic acids is 1. The van der Waals surface area contributed by atoms with Crippen LogP contribution in [0.2, 0.25) is 0 Å². The molecule has 8 heteroatoms. The Labute approximate surface area is 227 Å². The van der Waals surface area contributed by atoms with Crippen LogP contribution in [0.3, 0.4) is 0 Å². The third kappa shape index (κ3) is 7.26. The van der Waals surface area contributed by atoms with Crippen molar-refractivity contribution in [2.24, 2.45) is 0 Å². The normalized spacial score (nSPS) is 20.4. The Morgan fingerprint density at radius 2 is 1.45 bits per heavy atom. The number of benzene rings is 2. The van der Waals surface area contributed by atoms with Crippen molar-refractivity contribution in [3.63, 3.8) is 0 Å². The van der Waals surface area contributed by atoms with Crippen LogP contribution in [0.1, 0.15) is 37.7 Å². The molecule has 8 nitrogen and oxygen atoms in total. The molecule has 0 unspecified atom stereocenters. The lowest BCUT2D eigenvalue weighted by Gasteiger charge is -2.42. The van der Waals surface area contributed by atoms with E-state index in [0.717, 1.165) is 87.2 Å². The number of likely N-dealkylation sites (tertiary alicyclic amines) is 1. The van der Waals surface area contributed by atoms with E-state index in [-0.39, 0.29) is 19.0 Å². The number of rotatable bonds is 8. The Kier molecular flexibility index (Phi) is 9.17. The third-order valence-corrected chi connectivity index (χ3v) is 8.42. The minimum atomic E-state index is -0.237. The Bertz CT molecular complexity index is 1010. The molecule has 0 saturated carbocycles. The molecule has 0 atom stereocenters. The highest BCUT2D eigenvalue weighted by Crippen LogP contribution is 2.24. The van der Waals surface area contributed by atoms with Gasteiger partial charge in [-0.1, -0.05) is 12.1 Å². The van der Waals surface area contributed by atoms with Crippen molar-refractivity contribution in [2.45, 2.75) is 44.7 Å². The van der Waals surface area contributed by atoms with Crippen molar-refractivity contribution in [2.75, 3.05) is 76.2 Å². The fourth-order valence-electron chi connectivity index (χ4n) is 5.93. The average molecular weight is 521 g/mol. The lowest BCUT2D eigenvalue weighted by Crippen LogP contribution is -2.53. The smallest absolute Gasteiger partial charge is 0.260 e. The first kappa shape index (κ1) is 26.9. The molecule has 3 heterocycles. The molecule has 0 bridgehead atoms. The molecule has 0 aromatic heterocycles. The first-order valence-electron chi connectivity index (χ1n) is 14.4. The van der Waals surface area contributed by atoms with Crippen LogP contribution in [0, 0.1) is 0 Å². The number of hydrogen-bond donors (Lipinski definition) is 2. The van der Waals surface area contributed by atoms with Gasteiger partial charge in [0.15, 0.2) is 0 Å². The molecule has 2 aromatic rings. The van der Waals surface area contributed by atoms with E-state index in [1.807, 2.05) is 24.3 Å². The zero-order chi connectivity index (χ0) is 26.3. The topological polar surface area (TPSA) is 65.5 Å². The molecule has 1 amide bonds. The first-order valence-corrected chi connectivity index (χ1v) is 14.4.